The molecule has 1 aromatic carbocycles. The van der Waals surface area contributed by atoms with Crippen LogP contribution in [0.3, 0.4) is 0 Å². The minimum absolute atomic E-state index is 0.104. The molecule has 0 unspecified atom stereocenters. The fourth-order valence-corrected chi connectivity index (χ4v) is 2.75. The summed E-state index contributed by atoms with van der Waals surface area (Å²) in [6, 6.07) is 9.85. The smallest absolute Gasteiger partial charge is 0.255 e. The molecule has 1 aromatic heterocycles. The second-order valence-electron chi connectivity index (χ2n) is 5.63. The summed E-state index contributed by atoms with van der Waals surface area (Å²) in [7, 11) is 0. The maximum absolute atomic E-state index is 12.2. The Bertz CT molecular complexity index is 681. The van der Waals surface area contributed by atoms with Gasteiger partial charge in [-0.15, -0.1) is 0 Å². The van der Waals surface area contributed by atoms with Gasteiger partial charge in [0.1, 0.15) is 0 Å². The average Bonchev–Trinajstić information content (AvgIpc) is 2.47. The number of amides is 1. The lowest BCUT2D eigenvalue weighted by molar-refractivity contribution is 0.102. The summed E-state index contributed by atoms with van der Waals surface area (Å²) in [5.74, 6) is -0.104. The van der Waals surface area contributed by atoms with E-state index in [0.29, 0.717) is 5.56 Å². The molecule has 1 atom stereocenters. The summed E-state index contributed by atoms with van der Waals surface area (Å²) in [4.78, 5) is 16.3. The molecular weight excluding hydrogens is 262 g/mol. The summed E-state index contributed by atoms with van der Waals surface area (Å²) >= 11 is 0. The maximum Gasteiger partial charge on any atom is 0.255 e. The highest BCUT2D eigenvalue weighted by Crippen LogP contribution is 2.24. The molecule has 3 rings (SSSR count). The third-order valence-electron chi connectivity index (χ3n) is 3.89. The largest absolute Gasteiger partial charge is 0.327 e. The van der Waals surface area contributed by atoms with Crippen molar-refractivity contribution in [3.63, 3.8) is 0 Å². The molecule has 1 amide bonds. The van der Waals surface area contributed by atoms with Crippen molar-refractivity contribution in [2.24, 2.45) is 5.73 Å². The lowest BCUT2D eigenvalue weighted by Gasteiger charge is -2.22. The van der Waals surface area contributed by atoms with Crippen molar-refractivity contribution >= 4 is 11.6 Å². The van der Waals surface area contributed by atoms with Crippen molar-refractivity contribution in [2.45, 2.75) is 32.2 Å². The van der Waals surface area contributed by atoms with Crippen molar-refractivity contribution in [1.29, 1.82) is 0 Å². The van der Waals surface area contributed by atoms with Gasteiger partial charge >= 0.3 is 0 Å². The topological polar surface area (TPSA) is 68.0 Å². The van der Waals surface area contributed by atoms with Gasteiger partial charge in [-0.25, -0.2) is 0 Å². The van der Waals surface area contributed by atoms with Crippen LogP contribution in [0.4, 0.5) is 5.69 Å². The van der Waals surface area contributed by atoms with Crippen LogP contribution in [0.2, 0.25) is 0 Å². The van der Waals surface area contributed by atoms with Gasteiger partial charge in [-0.05, 0) is 61.6 Å². The Kier molecular flexibility index (Phi) is 3.71. The summed E-state index contributed by atoms with van der Waals surface area (Å²) < 4.78 is 0. The van der Waals surface area contributed by atoms with Crippen LogP contribution in [0.25, 0.3) is 0 Å². The van der Waals surface area contributed by atoms with Crippen molar-refractivity contribution in [3.8, 4) is 0 Å². The number of anilines is 1. The van der Waals surface area contributed by atoms with E-state index >= 15 is 0 Å². The van der Waals surface area contributed by atoms with Gasteiger partial charge in [0, 0.05) is 29.2 Å². The molecule has 2 aromatic rings. The van der Waals surface area contributed by atoms with Crippen LogP contribution in [0.15, 0.2) is 36.5 Å². The quantitative estimate of drug-likeness (QED) is 0.888. The Morgan fingerprint density at radius 1 is 1.29 bits per heavy atom. The summed E-state index contributed by atoms with van der Waals surface area (Å²) in [5, 5.41) is 2.95. The zero-order chi connectivity index (χ0) is 14.8. The fraction of sp³-hybridized carbons (Fsp3) is 0.294. The molecule has 0 aliphatic heterocycles. The number of aromatic nitrogens is 1. The highest BCUT2D eigenvalue weighted by Gasteiger charge is 2.16. The van der Waals surface area contributed by atoms with Crippen LogP contribution >= 0.6 is 0 Å². The number of aryl methyl sites for hydroxylation is 2. The fourth-order valence-electron chi connectivity index (χ4n) is 2.75. The monoisotopic (exact) mass is 281 g/mol. The molecule has 1 aliphatic carbocycles. The van der Waals surface area contributed by atoms with Crippen LogP contribution in [0.1, 0.15) is 33.6 Å². The minimum Gasteiger partial charge on any atom is -0.327 e. The number of hydrogen-bond donors (Lipinski definition) is 2. The number of hydrogen-bond acceptors (Lipinski definition) is 3. The third kappa shape index (κ3) is 3.11. The van der Waals surface area contributed by atoms with Gasteiger partial charge in [0.05, 0.1) is 0 Å². The molecule has 0 radical (unpaired) electrons. The van der Waals surface area contributed by atoms with E-state index in [-0.39, 0.29) is 11.9 Å². The molecule has 0 saturated carbocycles. The molecule has 21 heavy (non-hydrogen) atoms. The lowest BCUT2D eigenvalue weighted by atomic mass is 9.88. The maximum atomic E-state index is 12.2. The minimum atomic E-state index is -0.104. The van der Waals surface area contributed by atoms with E-state index in [2.05, 4.69) is 22.4 Å². The molecule has 108 valence electrons. The van der Waals surface area contributed by atoms with Crippen molar-refractivity contribution in [3.05, 3.63) is 58.9 Å². The molecule has 1 heterocycles. The van der Waals surface area contributed by atoms with E-state index in [9.17, 15) is 4.79 Å². The van der Waals surface area contributed by atoms with Crippen LogP contribution in [-0.2, 0) is 12.8 Å². The van der Waals surface area contributed by atoms with E-state index in [4.69, 9.17) is 5.73 Å². The number of carbonyl (C=O) groups excluding carboxylic acids is 1. The molecule has 0 bridgehead atoms. The Morgan fingerprint density at radius 3 is 2.95 bits per heavy atom. The SMILES string of the molecule is Cc1cc(C(=O)Nc2ccc3c(c2)CC[C@H](N)C3)ccn1. The standard InChI is InChI=1S/C17H19N3O/c1-11-8-14(6-7-19-11)17(21)20-16-5-3-12-9-15(18)4-2-13(12)10-16/h3,5-8,10,15H,2,4,9,18H2,1H3,(H,20,21)/t15-/m0/s1. The van der Waals surface area contributed by atoms with Gasteiger partial charge in [0.15, 0.2) is 0 Å². The van der Waals surface area contributed by atoms with E-state index in [1.54, 1.807) is 18.3 Å². The highest BCUT2D eigenvalue weighted by molar-refractivity contribution is 6.04. The Morgan fingerprint density at radius 2 is 2.14 bits per heavy atom. The number of fused-ring (bicyclic) bond motifs is 1. The number of nitrogens with zero attached hydrogens (tertiary/aromatic N) is 1. The van der Waals surface area contributed by atoms with Crippen molar-refractivity contribution in [1.82, 2.24) is 4.98 Å². The first-order valence-corrected chi connectivity index (χ1v) is 7.23. The van der Waals surface area contributed by atoms with E-state index in [1.807, 2.05) is 13.0 Å². The van der Waals surface area contributed by atoms with Crippen molar-refractivity contribution < 1.29 is 4.79 Å². The second kappa shape index (κ2) is 5.66. The molecule has 1 aliphatic rings. The van der Waals surface area contributed by atoms with Gasteiger partial charge in [0.2, 0.25) is 0 Å². The van der Waals surface area contributed by atoms with Crippen molar-refractivity contribution in [2.75, 3.05) is 5.32 Å². The molecular formula is C17H19N3O. The number of carbonyl (C=O) groups is 1. The number of rotatable bonds is 2. The average molecular weight is 281 g/mol. The Hall–Kier alpha value is -2.20. The lowest BCUT2D eigenvalue weighted by Crippen LogP contribution is -2.27. The first-order valence-electron chi connectivity index (χ1n) is 7.23. The number of benzene rings is 1. The van der Waals surface area contributed by atoms with Gasteiger partial charge in [-0.1, -0.05) is 6.07 Å². The Labute approximate surface area is 124 Å². The molecule has 0 fully saturated rings. The highest BCUT2D eigenvalue weighted by atomic mass is 16.1. The van der Waals surface area contributed by atoms with Crippen LogP contribution < -0.4 is 11.1 Å². The summed E-state index contributed by atoms with van der Waals surface area (Å²) in [5.41, 5.74) is 10.9. The van der Waals surface area contributed by atoms with E-state index < -0.39 is 0 Å². The Balaban J connectivity index is 1.78. The molecule has 4 heteroatoms. The van der Waals surface area contributed by atoms with Gasteiger partial charge in [0.25, 0.3) is 5.91 Å². The van der Waals surface area contributed by atoms with Gasteiger partial charge < -0.3 is 11.1 Å². The predicted molar refractivity (Wildman–Crippen MR) is 83.4 cm³/mol. The first-order chi connectivity index (χ1) is 10.1. The normalized spacial score (nSPS) is 17.1. The third-order valence-corrected chi connectivity index (χ3v) is 3.89. The number of nitrogens with two attached hydrogens (primary N) is 1. The molecule has 4 nitrogen and oxygen atoms in total. The molecule has 0 spiro atoms. The summed E-state index contributed by atoms with van der Waals surface area (Å²) in [6.07, 6.45) is 4.56. The van der Waals surface area contributed by atoms with Gasteiger partial charge in [-0.2, -0.15) is 0 Å². The second-order valence-corrected chi connectivity index (χ2v) is 5.63. The van der Waals surface area contributed by atoms with Crippen LogP contribution in [0, 0.1) is 6.92 Å². The molecule has 3 N–H and O–H groups in total. The van der Waals surface area contributed by atoms with Gasteiger partial charge in [-0.3, -0.25) is 9.78 Å². The predicted octanol–water partition coefficient (Wildman–Crippen LogP) is 2.46. The zero-order valence-electron chi connectivity index (χ0n) is 12.1. The zero-order valence-corrected chi connectivity index (χ0v) is 12.1. The van der Waals surface area contributed by atoms with Crippen LogP contribution in [0.5, 0.6) is 0 Å². The molecule has 0 saturated heterocycles. The number of pyridine rings is 1. The van der Waals surface area contributed by atoms with E-state index in [1.165, 1.54) is 11.1 Å². The summed E-state index contributed by atoms with van der Waals surface area (Å²) in [6.45, 7) is 1.87. The first kappa shape index (κ1) is 13.8. The number of nitrogens with one attached hydrogen (secondary N) is 1. The van der Waals surface area contributed by atoms with Crippen LogP contribution in [-0.4, -0.2) is 16.9 Å². The van der Waals surface area contributed by atoms with E-state index in [0.717, 1.165) is 30.6 Å².